The van der Waals surface area contributed by atoms with Crippen molar-refractivity contribution < 1.29 is 14.0 Å². The second kappa shape index (κ2) is 8.61. The van der Waals surface area contributed by atoms with Crippen LogP contribution < -0.4 is 0 Å². The third-order valence-electron chi connectivity index (χ3n) is 5.73. The maximum Gasteiger partial charge on any atom is 0.228 e. The molecule has 1 aromatic heterocycles. The van der Waals surface area contributed by atoms with Gasteiger partial charge in [0.15, 0.2) is 0 Å². The smallest absolute Gasteiger partial charge is 0.228 e. The SMILES string of the molecule is O=C1CC(C(=O)N2CCN(CCc3ccccc3)CC2)CN1Cc1ccco1. The van der Waals surface area contributed by atoms with Crippen molar-refractivity contribution in [2.45, 2.75) is 19.4 Å². The maximum atomic E-state index is 12.9. The van der Waals surface area contributed by atoms with E-state index < -0.39 is 0 Å². The number of carbonyl (C=O) groups excluding carboxylic acids is 2. The van der Waals surface area contributed by atoms with Crippen molar-refractivity contribution in [3.8, 4) is 0 Å². The zero-order valence-corrected chi connectivity index (χ0v) is 16.1. The zero-order valence-electron chi connectivity index (χ0n) is 16.1. The Kier molecular flexibility index (Phi) is 5.76. The molecule has 1 unspecified atom stereocenters. The van der Waals surface area contributed by atoms with Gasteiger partial charge in [0.2, 0.25) is 11.8 Å². The van der Waals surface area contributed by atoms with Crippen LogP contribution in [0.5, 0.6) is 0 Å². The van der Waals surface area contributed by atoms with Crippen molar-refractivity contribution in [3.63, 3.8) is 0 Å². The van der Waals surface area contributed by atoms with Crippen LogP contribution >= 0.6 is 0 Å². The first-order chi connectivity index (χ1) is 13.7. The topological polar surface area (TPSA) is 57.0 Å². The highest BCUT2D eigenvalue weighted by molar-refractivity contribution is 5.89. The number of likely N-dealkylation sites (tertiary alicyclic amines) is 1. The van der Waals surface area contributed by atoms with E-state index in [9.17, 15) is 9.59 Å². The highest BCUT2D eigenvalue weighted by Gasteiger charge is 2.37. The zero-order chi connectivity index (χ0) is 19.3. The van der Waals surface area contributed by atoms with Crippen molar-refractivity contribution in [2.24, 2.45) is 5.92 Å². The molecule has 3 heterocycles. The molecule has 6 heteroatoms. The largest absolute Gasteiger partial charge is 0.467 e. The van der Waals surface area contributed by atoms with E-state index >= 15 is 0 Å². The molecule has 6 nitrogen and oxygen atoms in total. The van der Waals surface area contributed by atoms with Crippen LogP contribution in [-0.4, -0.2) is 65.8 Å². The molecule has 2 saturated heterocycles. The lowest BCUT2D eigenvalue weighted by Crippen LogP contribution is -2.50. The summed E-state index contributed by atoms with van der Waals surface area (Å²) in [6.45, 7) is 5.25. The molecule has 0 saturated carbocycles. The predicted octanol–water partition coefficient (Wildman–Crippen LogP) is 2.01. The second-order valence-corrected chi connectivity index (χ2v) is 7.66. The number of furan rings is 1. The van der Waals surface area contributed by atoms with Gasteiger partial charge >= 0.3 is 0 Å². The van der Waals surface area contributed by atoms with Crippen LogP contribution in [0.1, 0.15) is 17.7 Å². The Morgan fingerprint density at radius 2 is 1.82 bits per heavy atom. The van der Waals surface area contributed by atoms with Gasteiger partial charge in [-0.1, -0.05) is 30.3 Å². The van der Waals surface area contributed by atoms with Crippen LogP contribution in [0.15, 0.2) is 53.1 Å². The van der Waals surface area contributed by atoms with E-state index in [2.05, 4.69) is 29.2 Å². The summed E-state index contributed by atoms with van der Waals surface area (Å²) in [6.07, 6.45) is 2.96. The number of piperazine rings is 1. The summed E-state index contributed by atoms with van der Waals surface area (Å²) in [6, 6.07) is 14.2. The molecule has 0 spiro atoms. The highest BCUT2D eigenvalue weighted by Crippen LogP contribution is 2.23. The van der Waals surface area contributed by atoms with Gasteiger partial charge in [-0.05, 0) is 24.1 Å². The van der Waals surface area contributed by atoms with E-state index in [1.807, 2.05) is 23.1 Å². The van der Waals surface area contributed by atoms with Crippen molar-refractivity contribution in [3.05, 3.63) is 60.1 Å². The molecular weight excluding hydrogens is 354 g/mol. The Morgan fingerprint density at radius 3 is 2.54 bits per heavy atom. The molecule has 0 aliphatic carbocycles. The summed E-state index contributed by atoms with van der Waals surface area (Å²) in [5, 5.41) is 0. The quantitative estimate of drug-likeness (QED) is 0.768. The van der Waals surface area contributed by atoms with Crippen molar-refractivity contribution in [2.75, 3.05) is 39.3 Å². The van der Waals surface area contributed by atoms with E-state index in [-0.39, 0.29) is 17.7 Å². The summed E-state index contributed by atoms with van der Waals surface area (Å²) >= 11 is 0. The molecule has 2 amide bonds. The van der Waals surface area contributed by atoms with E-state index in [0.29, 0.717) is 19.5 Å². The average Bonchev–Trinajstić information content (AvgIpc) is 3.37. The fourth-order valence-corrected chi connectivity index (χ4v) is 4.06. The van der Waals surface area contributed by atoms with E-state index in [1.165, 1.54) is 5.56 Å². The lowest BCUT2D eigenvalue weighted by Gasteiger charge is -2.35. The summed E-state index contributed by atoms with van der Waals surface area (Å²) in [5.74, 6) is 0.695. The van der Waals surface area contributed by atoms with Crippen LogP contribution in [0.3, 0.4) is 0 Å². The molecule has 28 heavy (non-hydrogen) atoms. The van der Waals surface area contributed by atoms with E-state index in [0.717, 1.165) is 44.9 Å². The van der Waals surface area contributed by atoms with E-state index in [1.54, 1.807) is 11.2 Å². The second-order valence-electron chi connectivity index (χ2n) is 7.66. The number of hydrogen-bond acceptors (Lipinski definition) is 4. The summed E-state index contributed by atoms with van der Waals surface area (Å²) < 4.78 is 5.33. The Bertz CT molecular complexity index is 783. The van der Waals surface area contributed by atoms with Crippen LogP contribution in [0.2, 0.25) is 0 Å². The molecule has 0 radical (unpaired) electrons. The summed E-state index contributed by atoms with van der Waals surface area (Å²) in [4.78, 5) is 31.2. The van der Waals surface area contributed by atoms with Gasteiger partial charge in [0.25, 0.3) is 0 Å². The highest BCUT2D eigenvalue weighted by atomic mass is 16.3. The number of benzene rings is 1. The molecule has 1 atom stereocenters. The fourth-order valence-electron chi connectivity index (χ4n) is 4.06. The molecule has 4 rings (SSSR count). The number of carbonyl (C=O) groups is 2. The predicted molar refractivity (Wildman–Crippen MR) is 105 cm³/mol. The molecule has 2 fully saturated rings. The molecule has 0 bridgehead atoms. The van der Waals surface area contributed by atoms with Gasteiger partial charge in [0.1, 0.15) is 5.76 Å². The first kappa shape index (κ1) is 18.7. The monoisotopic (exact) mass is 381 g/mol. The van der Waals surface area contributed by atoms with Gasteiger partial charge < -0.3 is 14.2 Å². The molecule has 2 aromatic rings. The van der Waals surface area contributed by atoms with Gasteiger partial charge in [-0.3, -0.25) is 14.5 Å². The minimum absolute atomic E-state index is 0.0382. The number of amides is 2. The molecule has 1 aromatic carbocycles. The van der Waals surface area contributed by atoms with Crippen LogP contribution in [0.25, 0.3) is 0 Å². The fraction of sp³-hybridized carbons (Fsp3) is 0.455. The minimum Gasteiger partial charge on any atom is -0.467 e. The first-order valence-electron chi connectivity index (χ1n) is 10.0. The lowest BCUT2D eigenvalue weighted by molar-refractivity contribution is -0.137. The standard InChI is InChI=1S/C22H27N3O3/c26-21-15-19(16-25(21)17-20-7-4-14-28-20)22(27)24-12-10-23(11-13-24)9-8-18-5-2-1-3-6-18/h1-7,14,19H,8-13,15-17H2. The van der Waals surface area contributed by atoms with Gasteiger partial charge in [-0.25, -0.2) is 0 Å². The minimum atomic E-state index is -0.224. The van der Waals surface area contributed by atoms with Crippen LogP contribution in [0.4, 0.5) is 0 Å². The molecule has 148 valence electrons. The molecule has 0 N–H and O–H groups in total. The molecule has 2 aliphatic heterocycles. The van der Waals surface area contributed by atoms with Crippen LogP contribution in [0, 0.1) is 5.92 Å². The van der Waals surface area contributed by atoms with E-state index in [4.69, 9.17) is 4.42 Å². The summed E-state index contributed by atoms with van der Waals surface area (Å²) in [5.41, 5.74) is 1.35. The maximum absolute atomic E-state index is 12.9. The van der Waals surface area contributed by atoms with Crippen molar-refractivity contribution >= 4 is 11.8 Å². The van der Waals surface area contributed by atoms with Crippen LogP contribution in [-0.2, 0) is 22.6 Å². The lowest BCUT2D eigenvalue weighted by atomic mass is 10.1. The number of hydrogen-bond donors (Lipinski definition) is 0. The van der Waals surface area contributed by atoms with Gasteiger partial charge in [-0.2, -0.15) is 0 Å². The van der Waals surface area contributed by atoms with Crippen molar-refractivity contribution in [1.29, 1.82) is 0 Å². The first-order valence-corrected chi connectivity index (χ1v) is 10.0. The number of rotatable bonds is 6. The van der Waals surface area contributed by atoms with Crippen molar-refractivity contribution in [1.82, 2.24) is 14.7 Å². The number of nitrogens with zero attached hydrogens (tertiary/aromatic N) is 3. The van der Waals surface area contributed by atoms with Gasteiger partial charge in [0, 0.05) is 45.7 Å². The Hall–Kier alpha value is -2.60. The third-order valence-corrected chi connectivity index (χ3v) is 5.73. The summed E-state index contributed by atoms with van der Waals surface area (Å²) in [7, 11) is 0. The normalized spacial score (nSPS) is 20.7. The van der Waals surface area contributed by atoms with Gasteiger partial charge in [0.05, 0.1) is 18.7 Å². The molecule has 2 aliphatic rings. The Labute approximate surface area is 165 Å². The third kappa shape index (κ3) is 4.44. The Balaban J connectivity index is 1.23. The average molecular weight is 381 g/mol. The van der Waals surface area contributed by atoms with Gasteiger partial charge in [-0.15, -0.1) is 0 Å². The Morgan fingerprint density at radius 1 is 1.04 bits per heavy atom. The molecular formula is C22H27N3O3.